The Balaban J connectivity index is 3.74. The number of rotatable bonds is 2. The highest BCUT2D eigenvalue weighted by Crippen LogP contribution is 2.20. The summed E-state index contributed by atoms with van der Waals surface area (Å²) >= 11 is 4.15. The molecule has 4 nitrogen and oxygen atoms in total. The summed E-state index contributed by atoms with van der Waals surface area (Å²) in [7, 11) is -4.49. The maximum Gasteiger partial charge on any atom is 0.0777 e. The average Bonchev–Trinajstić information content (AvgIpc) is 1.21. The lowest BCUT2D eigenvalue weighted by molar-refractivity contribution is -0.312. The minimum Gasteiger partial charge on any atom is -0.810 e. The zero-order valence-corrected chi connectivity index (χ0v) is 5.58. The molecular formula is C2H4NO3PS-2. The first-order valence-corrected chi connectivity index (χ1v) is 3.85. The van der Waals surface area contributed by atoms with Crippen molar-refractivity contribution in [3.05, 3.63) is 0 Å². The van der Waals surface area contributed by atoms with Gasteiger partial charge in [-0.2, -0.15) is 0 Å². The van der Waals surface area contributed by atoms with Crippen LogP contribution >= 0.6 is 19.8 Å². The van der Waals surface area contributed by atoms with Crippen LogP contribution in [0.15, 0.2) is 0 Å². The molecule has 0 heterocycles. The molecule has 0 amide bonds. The lowest BCUT2D eigenvalue weighted by Crippen LogP contribution is -2.24. The molecule has 6 heteroatoms. The fourth-order valence-electron chi connectivity index (χ4n) is 0.191. The SMILES string of the molecule is NC(=S)CP(=O)([O-])[O-]. The Morgan fingerprint density at radius 2 is 2.12 bits per heavy atom. The fourth-order valence-corrected chi connectivity index (χ4v) is 1.05. The predicted octanol–water partition coefficient (Wildman–Crippen LogP) is -1.81. The van der Waals surface area contributed by atoms with E-state index in [1.54, 1.807) is 0 Å². The van der Waals surface area contributed by atoms with E-state index in [0.29, 0.717) is 0 Å². The van der Waals surface area contributed by atoms with Crippen molar-refractivity contribution in [3.63, 3.8) is 0 Å². The standard InChI is InChI=1S/C2H6NO3PS/c3-2(8)1-7(4,5)6/h1H2,(H2,3,8)(H2,4,5,6)/p-2. The highest BCUT2D eigenvalue weighted by atomic mass is 32.1. The Hall–Kier alpha value is 0.0400. The molecule has 0 aromatic rings. The lowest BCUT2D eigenvalue weighted by atomic mass is 10.8. The topological polar surface area (TPSA) is 89.2 Å². The highest BCUT2D eigenvalue weighted by molar-refractivity contribution is 7.81. The highest BCUT2D eigenvalue weighted by Gasteiger charge is 1.91. The molecule has 48 valence electrons. The van der Waals surface area contributed by atoms with Gasteiger partial charge < -0.3 is 20.1 Å². The van der Waals surface area contributed by atoms with E-state index in [9.17, 15) is 14.4 Å². The normalized spacial score (nSPS) is 11.2. The second-order valence-corrected chi connectivity index (χ2v) is 3.30. The third kappa shape index (κ3) is 6.04. The van der Waals surface area contributed by atoms with E-state index in [1.165, 1.54) is 0 Å². The van der Waals surface area contributed by atoms with E-state index in [4.69, 9.17) is 5.73 Å². The van der Waals surface area contributed by atoms with Gasteiger partial charge in [0, 0.05) is 6.16 Å². The van der Waals surface area contributed by atoms with Gasteiger partial charge >= 0.3 is 0 Å². The summed E-state index contributed by atoms with van der Waals surface area (Å²) in [5, 5.41) is 0. The molecule has 0 atom stereocenters. The van der Waals surface area contributed by atoms with Gasteiger partial charge in [-0.15, -0.1) is 0 Å². The van der Waals surface area contributed by atoms with Crippen molar-refractivity contribution in [3.8, 4) is 0 Å². The first kappa shape index (κ1) is 8.04. The van der Waals surface area contributed by atoms with E-state index in [1.807, 2.05) is 0 Å². The summed E-state index contributed by atoms with van der Waals surface area (Å²) < 4.78 is 9.75. The third-order valence-corrected chi connectivity index (χ3v) is 1.44. The second-order valence-electron chi connectivity index (χ2n) is 1.24. The molecule has 2 N–H and O–H groups in total. The molecule has 0 saturated carbocycles. The van der Waals surface area contributed by atoms with Gasteiger partial charge in [0.15, 0.2) is 0 Å². The van der Waals surface area contributed by atoms with Gasteiger partial charge in [0.2, 0.25) is 0 Å². The minimum absolute atomic E-state index is 0.279. The van der Waals surface area contributed by atoms with Crippen molar-refractivity contribution in [2.45, 2.75) is 0 Å². The van der Waals surface area contributed by atoms with Crippen LogP contribution < -0.4 is 15.5 Å². The maximum atomic E-state index is 9.75. The van der Waals surface area contributed by atoms with Gasteiger partial charge in [-0.3, -0.25) is 0 Å². The number of hydrogen-bond acceptors (Lipinski definition) is 4. The molecule has 0 radical (unpaired) electrons. The van der Waals surface area contributed by atoms with Crippen LogP contribution in [-0.2, 0) is 4.57 Å². The van der Waals surface area contributed by atoms with E-state index < -0.39 is 13.8 Å². The van der Waals surface area contributed by atoms with Gasteiger partial charge in [-0.1, -0.05) is 19.8 Å². The van der Waals surface area contributed by atoms with Gasteiger partial charge in [0.05, 0.1) is 4.99 Å². The molecule has 0 aliphatic heterocycles. The smallest absolute Gasteiger partial charge is 0.0777 e. The molecule has 0 rings (SSSR count). The Labute approximate surface area is 51.9 Å². The van der Waals surface area contributed by atoms with Crippen molar-refractivity contribution < 1.29 is 14.4 Å². The van der Waals surface area contributed by atoms with Crippen LogP contribution in [-0.4, -0.2) is 11.2 Å². The number of hydrogen-bond donors (Lipinski definition) is 1. The van der Waals surface area contributed by atoms with E-state index >= 15 is 0 Å². The zero-order valence-electron chi connectivity index (χ0n) is 3.86. The van der Waals surface area contributed by atoms with Crippen LogP contribution in [0.2, 0.25) is 0 Å². The molecule has 0 aromatic carbocycles. The van der Waals surface area contributed by atoms with Crippen molar-refractivity contribution in [1.29, 1.82) is 0 Å². The molecule has 8 heavy (non-hydrogen) atoms. The van der Waals surface area contributed by atoms with Crippen molar-refractivity contribution in [2.75, 3.05) is 6.16 Å². The molecular weight excluding hydrogens is 149 g/mol. The Bertz CT molecular complexity index is 140. The van der Waals surface area contributed by atoms with E-state index in [0.717, 1.165) is 0 Å². The second kappa shape index (κ2) is 2.55. The molecule has 0 spiro atoms. The molecule has 0 aliphatic carbocycles. The van der Waals surface area contributed by atoms with Crippen molar-refractivity contribution >= 4 is 24.8 Å². The summed E-state index contributed by atoms with van der Waals surface area (Å²) in [5.41, 5.74) is 4.74. The maximum absolute atomic E-state index is 9.75. The molecule has 0 bridgehead atoms. The summed E-state index contributed by atoms with van der Waals surface area (Å²) in [4.78, 5) is 19.2. The van der Waals surface area contributed by atoms with E-state index in [2.05, 4.69) is 12.2 Å². The summed E-state index contributed by atoms with van der Waals surface area (Å²) in [6, 6.07) is 0. The third-order valence-electron chi connectivity index (χ3n) is 0.349. The Morgan fingerprint density at radius 1 is 1.75 bits per heavy atom. The molecule has 0 fully saturated rings. The summed E-state index contributed by atoms with van der Waals surface area (Å²) in [5.74, 6) is 0. The Kier molecular flexibility index (Phi) is 2.56. The monoisotopic (exact) mass is 153 g/mol. The van der Waals surface area contributed by atoms with Crippen LogP contribution in [0.25, 0.3) is 0 Å². The van der Waals surface area contributed by atoms with Crippen LogP contribution in [0, 0.1) is 0 Å². The lowest BCUT2D eigenvalue weighted by Gasteiger charge is -2.28. The zero-order chi connectivity index (χ0) is 6.78. The van der Waals surface area contributed by atoms with Gasteiger partial charge in [-0.25, -0.2) is 0 Å². The summed E-state index contributed by atoms with van der Waals surface area (Å²) in [6.07, 6.45) is -0.720. The quantitative estimate of drug-likeness (QED) is 0.373. The van der Waals surface area contributed by atoms with Crippen molar-refractivity contribution in [1.82, 2.24) is 0 Å². The molecule has 0 aliphatic rings. The van der Waals surface area contributed by atoms with Crippen LogP contribution in [0.1, 0.15) is 0 Å². The average molecular weight is 153 g/mol. The van der Waals surface area contributed by atoms with Crippen LogP contribution in [0.4, 0.5) is 0 Å². The predicted molar refractivity (Wildman–Crippen MR) is 29.3 cm³/mol. The molecule has 0 unspecified atom stereocenters. The number of thiocarbonyl (C=S) groups is 1. The van der Waals surface area contributed by atoms with Gasteiger partial charge in [0.1, 0.15) is 0 Å². The van der Waals surface area contributed by atoms with Crippen LogP contribution in [0.5, 0.6) is 0 Å². The largest absolute Gasteiger partial charge is 0.810 e. The van der Waals surface area contributed by atoms with Gasteiger partial charge in [0.25, 0.3) is 0 Å². The summed E-state index contributed by atoms with van der Waals surface area (Å²) in [6.45, 7) is 0. The van der Waals surface area contributed by atoms with Gasteiger partial charge in [-0.05, 0) is 0 Å². The number of nitrogens with two attached hydrogens (primary N) is 1. The van der Waals surface area contributed by atoms with E-state index in [-0.39, 0.29) is 4.99 Å². The molecule has 0 saturated heterocycles. The van der Waals surface area contributed by atoms with Crippen LogP contribution in [0.3, 0.4) is 0 Å². The Morgan fingerprint density at radius 3 is 2.12 bits per heavy atom. The molecule has 0 aromatic heterocycles. The fraction of sp³-hybridized carbons (Fsp3) is 0.500. The van der Waals surface area contributed by atoms with Crippen molar-refractivity contribution in [2.24, 2.45) is 5.73 Å². The first-order chi connectivity index (χ1) is 3.42. The first-order valence-electron chi connectivity index (χ1n) is 1.71. The minimum atomic E-state index is -4.49.